The first-order valence-electron chi connectivity index (χ1n) is 8.26. The third-order valence-corrected chi connectivity index (χ3v) is 4.98. The quantitative estimate of drug-likeness (QED) is 0.393. The van der Waals surface area contributed by atoms with Gasteiger partial charge in [-0.25, -0.2) is 0 Å². The molecular weight excluding hydrogens is 312 g/mol. The molecule has 120 valence electrons. The van der Waals surface area contributed by atoms with E-state index in [9.17, 15) is 0 Å². The van der Waals surface area contributed by atoms with Crippen molar-refractivity contribution < 1.29 is 8.83 Å². The molecule has 25 heavy (non-hydrogen) atoms. The maximum Gasteiger partial charge on any atom is 0.212 e. The first-order chi connectivity index (χ1) is 12.3. The molecule has 0 amide bonds. The molecule has 0 N–H and O–H groups in total. The van der Waals surface area contributed by atoms with Gasteiger partial charge in [0, 0.05) is 46.7 Å². The van der Waals surface area contributed by atoms with E-state index in [2.05, 4.69) is 41.1 Å². The minimum atomic E-state index is 0.869. The van der Waals surface area contributed by atoms with Gasteiger partial charge in [0.25, 0.3) is 0 Å². The summed E-state index contributed by atoms with van der Waals surface area (Å²) in [5.41, 5.74) is 4.64. The van der Waals surface area contributed by atoms with Crippen LogP contribution >= 0.6 is 0 Å². The standard InChI is InChI=1S/C21H14N2O2/c1-22-10-8-16-17-12-13(6-7-19(17)24-20(16)22)23-11-9-15-14-4-2-3-5-18(14)25-21(15)23/h2-12H,1H3. The lowest BCUT2D eigenvalue weighted by molar-refractivity contribution is 0.629. The minimum absolute atomic E-state index is 0.869. The van der Waals surface area contributed by atoms with Crippen LogP contribution in [0.15, 0.2) is 75.8 Å². The van der Waals surface area contributed by atoms with Crippen molar-refractivity contribution in [2.45, 2.75) is 0 Å². The summed E-state index contributed by atoms with van der Waals surface area (Å²) < 4.78 is 16.2. The lowest BCUT2D eigenvalue weighted by Gasteiger charge is -2.03. The Kier molecular flexibility index (Phi) is 2.26. The third kappa shape index (κ3) is 1.61. The van der Waals surface area contributed by atoms with E-state index < -0.39 is 0 Å². The molecule has 0 saturated carbocycles. The predicted molar refractivity (Wildman–Crippen MR) is 99.3 cm³/mol. The van der Waals surface area contributed by atoms with Gasteiger partial charge in [-0.05, 0) is 36.4 Å². The van der Waals surface area contributed by atoms with E-state index in [1.165, 1.54) is 0 Å². The first kappa shape index (κ1) is 13.0. The zero-order chi connectivity index (χ0) is 16.5. The molecule has 0 spiro atoms. The minimum Gasteiger partial charge on any atom is -0.440 e. The zero-order valence-corrected chi connectivity index (χ0v) is 13.6. The zero-order valence-electron chi connectivity index (χ0n) is 13.6. The average molecular weight is 326 g/mol. The Hall–Kier alpha value is -3.40. The Morgan fingerprint density at radius 1 is 0.680 bits per heavy atom. The number of fused-ring (bicyclic) bond motifs is 6. The van der Waals surface area contributed by atoms with Gasteiger partial charge in [0.2, 0.25) is 11.4 Å². The van der Waals surface area contributed by atoms with E-state index in [1.54, 1.807) is 0 Å². The van der Waals surface area contributed by atoms with Gasteiger partial charge in [-0.2, -0.15) is 0 Å². The summed E-state index contributed by atoms with van der Waals surface area (Å²) in [5, 5.41) is 4.53. The number of furan rings is 2. The normalized spacial score (nSPS) is 12.2. The van der Waals surface area contributed by atoms with Crippen molar-refractivity contribution in [3.8, 4) is 5.69 Å². The molecule has 6 aromatic rings. The largest absolute Gasteiger partial charge is 0.440 e. The van der Waals surface area contributed by atoms with E-state index in [0.717, 1.165) is 49.8 Å². The van der Waals surface area contributed by atoms with E-state index in [-0.39, 0.29) is 0 Å². The summed E-state index contributed by atoms with van der Waals surface area (Å²) in [4.78, 5) is 0. The summed E-state index contributed by atoms with van der Waals surface area (Å²) >= 11 is 0. The van der Waals surface area contributed by atoms with Crippen LogP contribution in [0.1, 0.15) is 0 Å². The molecule has 0 aliphatic heterocycles. The lowest BCUT2D eigenvalue weighted by Crippen LogP contribution is -1.89. The van der Waals surface area contributed by atoms with Crippen LogP contribution in [0, 0.1) is 0 Å². The van der Waals surface area contributed by atoms with E-state index in [4.69, 9.17) is 8.83 Å². The summed E-state index contributed by atoms with van der Waals surface area (Å²) in [6.45, 7) is 0. The summed E-state index contributed by atoms with van der Waals surface area (Å²) in [7, 11) is 2.00. The second kappa shape index (κ2) is 4.36. The number of para-hydroxylation sites is 1. The molecule has 0 atom stereocenters. The number of hydrogen-bond acceptors (Lipinski definition) is 2. The number of aryl methyl sites for hydroxylation is 1. The molecule has 0 radical (unpaired) electrons. The van der Waals surface area contributed by atoms with Crippen LogP contribution in [0.5, 0.6) is 0 Å². The van der Waals surface area contributed by atoms with Crippen LogP contribution in [0.25, 0.3) is 49.8 Å². The SMILES string of the molecule is Cn1ccc2c3cc(-n4ccc5c6ccccc6oc54)ccc3oc21. The Labute approximate surface area is 142 Å². The molecular formula is C21H14N2O2. The molecule has 2 aromatic carbocycles. The molecule has 6 rings (SSSR count). The number of benzene rings is 2. The molecule has 4 aromatic heterocycles. The molecule has 0 fully saturated rings. The second-order valence-electron chi connectivity index (χ2n) is 6.43. The van der Waals surface area contributed by atoms with Crippen LogP contribution in [0.2, 0.25) is 0 Å². The number of rotatable bonds is 1. The highest BCUT2D eigenvalue weighted by atomic mass is 16.3. The Morgan fingerprint density at radius 3 is 2.40 bits per heavy atom. The molecule has 4 nitrogen and oxygen atoms in total. The number of hydrogen-bond donors (Lipinski definition) is 0. The van der Waals surface area contributed by atoms with Crippen molar-refractivity contribution in [2.75, 3.05) is 0 Å². The molecule has 0 aliphatic rings. The summed E-state index contributed by atoms with van der Waals surface area (Å²) in [6, 6.07) is 18.6. The van der Waals surface area contributed by atoms with Gasteiger partial charge >= 0.3 is 0 Å². The van der Waals surface area contributed by atoms with Gasteiger partial charge in [0.05, 0.1) is 0 Å². The fourth-order valence-electron chi connectivity index (χ4n) is 3.73. The second-order valence-corrected chi connectivity index (χ2v) is 6.43. The van der Waals surface area contributed by atoms with Gasteiger partial charge in [-0.15, -0.1) is 0 Å². The maximum absolute atomic E-state index is 6.10. The third-order valence-electron chi connectivity index (χ3n) is 4.98. The van der Waals surface area contributed by atoms with E-state index in [0.29, 0.717) is 0 Å². The molecule has 0 bridgehead atoms. The summed E-state index contributed by atoms with van der Waals surface area (Å²) in [6.07, 6.45) is 4.08. The van der Waals surface area contributed by atoms with Crippen molar-refractivity contribution in [1.29, 1.82) is 0 Å². The van der Waals surface area contributed by atoms with E-state index in [1.807, 2.05) is 42.1 Å². The topological polar surface area (TPSA) is 36.1 Å². The van der Waals surface area contributed by atoms with Crippen molar-refractivity contribution in [2.24, 2.45) is 7.05 Å². The molecule has 0 unspecified atom stereocenters. The number of nitrogens with zero attached hydrogens (tertiary/aromatic N) is 2. The molecule has 4 heterocycles. The first-order valence-corrected chi connectivity index (χ1v) is 8.26. The highest BCUT2D eigenvalue weighted by molar-refractivity contribution is 6.06. The van der Waals surface area contributed by atoms with Crippen LogP contribution in [-0.2, 0) is 7.05 Å². The fraction of sp³-hybridized carbons (Fsp3) is 0.0476. The molecule has 0 aliphatic carbocycles. The van der Waals surface area contributed by atoms with Gasteiger partial charge in [-0.3, -0.25) is 4.57 Å². The Bertz CT molecular complexity index is 1410. The van der Waals surface area contributed by atoms with Crippen molar-refractivity contribution in [1.82, 2.24) is 9.13 Å². The monoisotopic (exact) mass is 326 g/mol. The molecule has 0 saturated heterocycles. The van der Waals surface area contributed by atoms with Gasteiger partial charge in [0.15, 0.2) is 0 Å². The lowest BCUT2D eigenvalue weighted by atomic mass is 10.2. The average Bonchev–Trinajstić information content (AvgIpc) is 3.36. The van der Waals surface area contributed by atoms with Crippen LogP contribution in [0.4, 0.5) is 0 Å². The summed E-state index contributed by atoms with van der Waals surface area (Å²) in [5.74, 6) is 0. The smallest absolute Gasteiger partial charge is 0.212 e. The maximum atomic E-state index is 6.10. The fourth-order valence-corrected chi connectivity index (χ4v) is 3.73. The highest BCUT2D eigenvalue weighted by Gasteiger charge is 2.14. The van der Waals surface area contributed by atoms with Gasteiger partial charge < -0.3 is 13.4 Å². The van der Waals surface area contributed by atoms with Crippen molar-refractivity contribution >= 4 is 44.1 Å². The number of aromatic nitrogens is 2. The van der Waals surface area contributed by atoms with Gasteiger partial charge in [0.1, 0.15) is 11.2 Å². The predicted octanol–water partition coefficient (Wildman–Crippen LogP) is 5.61. The van der Waals surface area contributed by atoms with Crippen LogP contribution < -0.4 is 0 Å². The van der Waals surface area contributed by atoms with Crippen molar-refractivity contribution in [3.05, 3.63) is 67.0 Å². The van der Waals surface area contributed by atoms with E-state index >= 15 is 0 Å². The highest BCUT2D eigenvalue weighted by Crippen LogP contribution is 2.34. The molecule has 4 heteroatoms. The Balaban J connectivity index is 1.66. The van der Waals surface area contributed by atoms with Crippen LogP contribution in [0.3, 0.4) is 0 Å². The van der Waals surface area contributed by atoms with Crippen molar-refractivity contribution in [3.63, 3.8) is 0 Å². The van der Waals surface area contributed by atoms with Crippen LogP contribution in [-0.4, -0.2) is 9.13 Å². The Morgan fingerprint density at radius 2 is 1.44 bits per heavy atom. The van der Waals surface area contributed by atoms with Gasteiger partial charge in [-0.1, -0.05) is 18.2 Å².